The lowest BCUT2D eigenvalue weighted by Gasteiger charge is -2.21. The van der Waals surface area contributed by atoms with Crippen LogP contribution in [0.1, 0.15) is 37.1 Å². The zero-order valence-electron chi connectivity index (χ0n) is 12.1. The number of nitrogens with two attached hydrogens (primary N) is 1. The van der Waals surface area contributed by atoms with E-state index in [9.17, 15) is 4.79 Å². The van der Waals surface area contributed by atoms with Crippen LogP contribution in [0.25, 0.3) is 0 Å². The van der Waals surface area contributed by atoms with E-state index in [2.05, 4.69) is 5.10 Å². The van der Waals surface area contributed by atoms with Crippen molar-refractivity contribution in [3.05, 3.63) is 11.4 Å². The number of hydrogen-bond donors (Lipinski definition) is 1. The molecule has 1 aromatic rings. The maximum absolute atomic E-state index is 12.2. The van der Waals surface area contributed by atoms with Gasteiger partial charge in [0, 0.05) is 13.6 Å². The highest BCUT2D eigenvalue weighted by atomic mass is 16.2. The lowest BCUT2D eigenvalue weighted by Crippen LogP contribution is -2.34. The normalized spacial score (nSPS) is 15.9. The summed E-state index contributed by atoms with van der Waals surface area (Å²) >= 11 is 0. The van der Waals surface area contributed by atoms with E-state index in [0.29, 0.717) is 11.6 Å². The van der Waals surface area contributed by atoms with Crippen molar-refractivity contribution in [2.24, 2.45) is 5.92 Å². The maximum Gasteiger partial charge on any atom is 0.244 e. The zero-order chi connectivity index (χ0) is 14.0. The highest BCUT2D eigenvalue weighted by molar-refractivity contribution is 5.76. The maximum atomic E-state index is 12.2. The SMILES string of the molecule is Cc1nn(CC(=O)N(C)CC2CCCC2)c(C)c1N. The molecular formula is C14H24N4O. The first-order valence-electron chi connectivity index (χ1n) is 7.02. The van der Waals surface area contributed by atoms with E-state index >= 15 is 0 Å². The van der Waals surface area contributed by atoms with E-state index in [1.165, 1.54) is 25.7 Å². The Hall–Kier alpha value is -1.52. The second-order valence-corrected chi connectivity index (χ2v) is 5.67. The van der Waals surface area contributed by atoms with Crippen molar-refractivity contribution >= 4 is 11.6 Å². The van der Waals surface area contributed by atoms with E-state index in [1.54, 1.807) is 4.68 Å². The first kappa shape index (κ1) is 13.9. The molecule has 0 saturated heterocycles. The number of carbonyl (C=O) groups is 1. The van der Waals surface area contributed by atoms with E-state index in [1.807, 2.05) is 25.8 Å². The molecule has 5 heteroatoms. The van der Waals surface area contributed by atoms with E-state index in [-0.39, 0.29) is 12.5 Å². The number of anilines is 1. The summed E-state index contributed by atoms with van der Waals surface area (Å²) in [6.07, 6.45) is 5.12. The molecule has 1 amide bonds. The average Bonchev–Trinajstić information content (AvgIpc) is 2.95. The summed E-state index contributed by atoms with van der Waals surface area (Å²) in [5.74, 6) is 0.789. The molecule has 1 aromatic heterocycles. The Morgan fingerprint density at radius 2 is 2.05 bits per heavy atom. The lowest BCUT2D eigenvalue weighted by molar-refractivity contribution is -0.131. The monoisotopic (exact) mass is 264 g/mol. The molecule has 0 bridgehead atoms. The molecule has 1 aliphatic rings. The Bertz CT molecular complexity index is 460. The van der Waals surface area contributed by atoms with Crippen LogP contribution in [-0.4, -0.2) is 34.2 Å². The Labute approximate surface area is 114 Å². The second-order valence-electron chi connectivity index (χ2n) is 5.67. The third-order valence-electron chi connectivity index (χ3n) is 4.16. The van der Waals surface area contributed by atoms with Crippen molar-refractivity contribution in [3.63, 3.8) is 0 Å². The van der Waals surface area contributed by atoms with Crippen LogP contribution < -0.4 is 5.73 Å². The van der Waals surface area contributed by atoms with E-state index < -0.39 is 0 Å². The van der Waals surface area contributed by atoms with Crippen molar-refractivity contribution in [3.8, 4) is 0 Å². The van der Waals surface area contributed by atoms with Gasteiger partial charge in [0.1, 0.15) is 6.54 Å². The number of aromatic nitrogens is 2. The summed E-state index contributed by atoms with van der Waals surface area (Å²) in [5, 5.41) is 4.31. The van der Waals surface area contributed by atoms with E-state index in [4.69, 9.17) is 5.73 Å². The van der Waals surface area contributed by atoms with Crippen molar-refractivity contribution in [2.75, 3.05) is 19.3 Å². The average molecular weight is 264 g/mol. The number of nitrogen functional groups attached to an aromatic ring is 1. The molecular weight excluding hydrogens is 240 g/mol. The Morgan fingerprint density at radius 3 is 2.58 bits per heavy atom. The summed E-state index contributed by atoms with van der Waals surface area (Å²) in [6, 6.07) is 0. The number of amides is 1. The number of aryl methyl sites for hydroxylation is 1. The van der Waals surface area contributed by atoms with Gasteiger partial charge in [0.15, 0.2) is 0 Å². The van der Waals surface area contributed by atoms with Gasteiger partial charge in [-0.05, 0) is 32.6 Å². The molecule has 1 heterocycles. The molecule has 0 radical (unpaired) electrons. The molecule has 0 unspecified atom stereocenters. The van der Waals surface area contributed by atoms with Crippen LogP contribution in [0.2, 0.25) is 0 Å². The molecule has 0 aromatic carbocycles. The van der Waals surface area contributed by atoms with Gasteiger partial charge in [-0.25, -0.2) is 0 Å². The Kier molecular flexibility index (Phi) is 4.12. The number of carbonyl (C=O) groups excluding carboxylic acids is 1. The predicted octanol–water partition coefficient (Wildman–Crippen LogP) is 1.73. The summed E-state index contributed by atoms with van der Waals surface area (Å²) in [7, 11) is 1.88. The number of rotatable bonds is 4. The fraction of sp³-hybridized carbons (Fsp3) is 0.714. The first-order valence-corrected chi connectivity index (χ1v) is 7.02. The minimum absolute atomic E-state index is 0.109. The lowest BCUT2D eigenvalue weighted by atomic mass is 10.1. The van der Waals surface area contributed by atoms with Crippen LogP contribution in [0.4, 0.5) is 5.69 Å². The molecule has 0 aliphatic heterocycles. The van der Waals surface area contributed by atoms with Gasteiger partial charge in [-0.1, -0.05) is 12.8 Å². The topological polar surface area (TPSA) is 64.2 Å². The largest absolute Gasteiger partial charge is 0.396 e. The van der Waals surface area contributed by atoms with Gasteiger partial charge in [0.2, 0.25) is 5.91 Å². The second kappa shape index (κ2) is 5.63. The fourth-order valence-corrected chi connectivity index (χ4v) is 2.80. The van der Waals surface area contributed by atoms with Crippen molar-refractivity contribution in [1.29, 1.82) is 0 Å². The minimum Gasteiger partial charge on any atom is -0.396 e. The molecule has 0 atom stereocenters. The summed E-state index contributed by atoms with van der Waals surface area (Å²) in [5.41, 5.74) is 8.23. The summed E-state index contributed by atoms with van der Waals surface area (Å²) < 4.78 is 1.71. The smallest absolute Gasteiger partial charge is 0.244 e. The molecule has 1 saturated carbocycles. The molecule has 0 spiro atoms. The van der Waals surface area contributed by atoms with Crippen molar-refractivity contribution in [2.45, 2.75) is 46.1 Å². The third kappa shape index (κ3) is 3.08. The van der Waals surface area contributed by atoms with Gasteiger partial charge in [-0.2, -0.15) is 5.10 Å². The van der Waals surface area contributed by atoms with Gasteiger partial charge in [-0.3, -0.25) is 9.48 Å². The first-order chi connectivity index (χ1) is 8.99. The van der Waals surface area contributed by atoms with Crippen LogP contribution in [0.15, 0.2) is 0 Å². The molecule has 2 rings (SSSR count). The minimum atomic E-state index is 0.109. The van der Waals surface area contributed by atoms with Crippen LogP contribution in [0.5, 0.6) is 0 Å². The summed E-state index contributed by atoms with van der Waals surface area (Å²) in [4.78, 5) is 14.0. The molecule has 1 aliphatic carbocycles. The third-order valence-corrected chi connectivity index (χ3v) is 4.16. The molecule has 2 N–H and O–H groups in total. The molecule has 5 nitrogen and oxygen atoms in total. The van der Waals surface area contributed by atoms with Crippen LogP contribution in [-0.2, 0) is 11.3 Å². The van der Waals surface area contributed by atoms with Gasteiger partial charge in [-0.15, -0.1) is 0 Å². The number of nitrogens with zero attached hydrogens (tertiary/aromatic N) is 3. The number of likely N-dealkylation sites (N-methyl/N-ethyl adjacent to an activating group) is 1. The Balaban J connectivity index is 1.94. The van der Waals surface area contributed by atoms with Crippen LogP contribution >= 0.6 is 0 Å². The Morgan fingerprint density at radius 1 is 1.42 bits per heavy atom. The molecule has 1 fully saturated rings. The standard InChI is InChI=1S/C14H24N4O/c1-10-14(15)11(2)18(16-10)9-13(19)17(3)8-12-6-4-5-7-12/h12H,4-9,15H2,1-3H3. The van der Waals surface area contributed by atoms with Crippen LogP contribution in [0.3, 0.4) is 0 Å². The van der Waals surface area contributed by atoms with E-state index in [0.717, 1.165) is 17.9 Å². The highest BCUT2D eigenvalue weighted by Gasteiger charge is 2.20. The van der Waals surface area contributed by atoms with Gasteiger partial charge in [0.25, 0.3) is 0 Å². The van der Waals surface area contributed by atoms with Crippen molar-refractivity contribution < 1.29 is 4.79 Å². The summed E-state index contributed by atoms with van der Waals surface area (Å²) in [6.45, 7) is 4.92. The van der Waals surface area contributed by atoms with Crippen molar-refractivity contribution in [1.82, 2.24) is 14.7 Å². The fourth-order valence-electron chi connectivity index (χ4n) is 2.80. The predicted molar refractivity (Wildman–Crippen MR) is 75.7 cm³/mol. The quantitative estimate of drug-likeness (QED) is 0.900. The van der Waals surface area contributed by atoms with Gasteiger partial charge < -0.3 is 10.6 Å². The zero-order valence-corrected chi connectivity index (χ0v) is 12.1. The number of hydrogen-bond acceptors (Lipinski definition) is 3. The highest BCUT2D eigenvalue weighted by Crippen LogP contribution is 2.25. The van der Waals surface area contributed by atoms with Gasteiger partial charge >= 0.3 is 0 Å². The molecule has 106 valence electrons. The van der Waals surface area contributed by atoms with Crippen LogP contribution in [0, 0.1) is 19.8 Å². The van der Waals surface area contributed by atoms with Gasteiger partial charge in [0.05, 0.1) is 17.1 Å². The molecule has 19 heavy (non-hydrogen) atoms.